The number of aliphatic hydroxyl groups is 15. The molecule has 0 aromatic heterocycles. The van der Waals surface area contributed by atoms with Gasteiger partial charge in [-0.3, -0.25) is 9.59 Å². The summed E-state index contributed by atoms with van der Waals surface area (Å²) in [7, 11) is 1.20. The minimum absolute atomic E-state index is 0.0132. The van der Waals surface area contributed by atoms with Crippen LogP contribution < -0.4 is 0 Å². The van der Waals surface area contributed by atoms with Crippen molar-refractivity contribution in [1.29, 1.82) is 0 Å². The second-order valence-electron chi connectivity index (χ2n) is 30.0. The average molecular weight is 1380 g/mol. The first-order valence-electron chi connectivity index (χ1n) is 33.7. The first kappa shape index (κ1) is 74.7. The normalized spacial score (nSPS) is 52.6. The summed E-state index contributed by atoms with van der Waals surface area (Å²) >= 11 is 0. The Morgan fingerprint density at radius 2 is 1.14 bits per heavy atom. The first-order valence-corrected chi connectivity index (χ1v) is 33.7. The quantitative estimate of drug-likeness (QED) is 0.0409. The number of esters is 1. The first-order chi connectivity index (χ1) is 45.3. The summed E-state index contributed by atoms with van der Waals surface area (Å²) in [5, 5.41) is 166. The molecule has 0 unspecified atom stereocenters. The summed E-state index contributed by atoms with van der Waals surface area (Å²) in [5.41, 5.74) is -1.67. The van der Waals surface area contributed by atoms with Gasteiger partial charge in [-0.25, -0.2) is 0 Å². The SMILES string of the molecule is C=C(C)CCC[C@]1(C)OC(=O)[C@]23CC[C@H]4C(=CC[C@H]5C(C)(C)[C@@H](O[C@@H]6OC[C@@H](O[C@@H]7O[C@H](CO)[C@@H](O)[C@H](O[C@@H]8O[C@H](CO)[C@@H](O)[C@H](O)[C@H]8O)[C@H]7O)[C@H](O)[C@H]6O[C@@H]6O[C@H](C)[C@@H](O[C@@H]7OC[C@@H](O)[C@H](O[C@@H]8O[C@H](CO)[C@@H](O)[C@H](OC)[C@H]8O)[C@H]7O)[C@H](O)[C@H]6O)CC[C@]45C)[C@]2(C)CC(=O)[C@@H]31. The number of hydrogen-bond acceptors (Lipinski definition) is 31. The Labute approximate surface area is 555 Å². The zero-order valence-corrected chi connectivity index (χ0v) is 55.4. The Morgan fingerprint density at radius 3 is 1.78 bits per heavy atom. The molecule has 7 saturated heterocycles. The van der Waals surface area contributed by atoms with E-state index in [1.54, 1.807) is 0 Å². The summed E-state index contributed by atoms with van der Waals surface area (Å²) in [6.45, 7) is 14.4. The van der Waals surface area contributed by atoms with Gasteiger partial charge in [0.05, 0.1) is 56.6 Å². The van der Waals surface area contributed by atoms with Crippen LogP contribution >= 0.6 is 0 Å². The highest BCUT2D eigenvalue weighted by molar-refractivity contribution is 5.99. The lowest BCUT2D eigenvalue weighted by Gasteiger charge is -2.63. The zero-order chi connectivity index (χ0) is 69.8. The Kier molecular flexibility index (Phi) is 22.3. The van der Waals surface area contributed by atoms with Gasteiger partial charge in [-0.05, 0) is 94.8 Å². The van der Waals surface area contributed by atoms with E-state index in [9.17, 15) is 86.2 Å². The number of hydrogen-bond donors (Lipinski definition) is 15. The van der Waals surface area contributed by atoms with E-state index in [2.05, 4.69) is 40.3 Å². The molecule has 0 aromatic carbocycles. The molecule has 0 amide bonds. The van der Waals surface area contributed by atoms with Crippen molar-refractivity contribution in [3.8, 4) is 0 Å². The molecule has 31 heteroatoms. The van der Waals surface area contributed by atoms with Crippen LogP contribution in [0.15, 0.2) is 23.8 Å². The van der Waals surface area contributed by atoms with Gasteiger partial charge in [0.2, 0.25) is 0 Å². The largest absolute Gasteiger partial charge is 0.458 e. The maximum Gasteiger partial charge on any atom is 0.314 e. The zero-order valence-electron chi connectivity index (χ0n) is 55.4. The topological polar surface area (TPSA) is 467 Å². The molecular formula is C65H102O31. The van der Waals surface area contributed by atoms with Crippen LogP contribution in [0.25, 0.3) is 0 Å². The number of allylic oxidation sites excluding steroid dienone is 3. The van der Waals surface area contributed by atoms with E-state index in [0.29, 0.717) is 38.5 Å². The smallest absolute Gasteiger partial charge is 0.314 e. The molecule has 11 rings (SSSR count). The van der Waals surface area contributed by atoms with E-state index in [-0.39, 0.29) is 35.4 Å². The molecule has 548 valence electrons. The summed E-state index contributed by atoms with van der Waals surface area (Å²) in [6, 6.07) is 0. The van der Waals surface area contributed by atoms with E-state index in [4.69, 9.17) is 66.3 Å². The number of rotatable bonds is 20. The number of ether oxygens (including phenoxy) is 14. The molecule has 1 spiro atoms. The van der Waals surface area contributed by atoms with Crippen molar-refractivity contribution in [3.63, 3.8) is 0 Å². The fraction of sp³-hybridized carbons (Fsp3) is 0.908. The number of aliphatic hydroxyl groups excluding tert-OH is 15. The lowest BCUT2D eigenvalue weighted by Crippen LogP contribution is -2.67. The molecule has 10 fully saturated rings. The highest BCUT2D eigenvalue weighted by atomic mass is 16.8. The van der Waals surface area contributed by atoms with Gasteiger partial charge in [-0.1, -0.05) is 44.9 Å². The third kappa shape index (κ3) is 12.7. The fourth-order valence-electron chi connectivity index (χ4n) is 18.5. The second-order valence-corrected chi connectivity index (χ2v) is 30.0. The van der Waals surface area contributed by atoms with Crippen molar-refractivity contribution >= 4 is 11.8 Å². The molecule has 7 aliphatic heterocycles. The van der Waals surface area contributed by atoms with E-state index in [1.807, 2.05) is 13.8 Å². The Balaban J connectivity index is 0.828. The molecule has 7 heterocycles. The van der Waals surface area contributed by atoms with Crippen LogP contribution in [0.1, 0.15) is 106 Å². The van der Waals surface area contributed by atoms with Gasteiger partial charge in [-0.2, -0.15) is 0 Å². The number of Topliss-reactive ketones (excluding diaryl/α,β-unsaturated/α-hetero) is 1. The molecule has 11 aliphatic rings. The number of ketones is 1. The van der Waals surface area contributed by atoms with Crippen LogP contribution in [0.2, 0.25) is 0 Å². The van der Waals surface area contributed by atoms with Crippen LogP contribution in [0.4, 0.5) is 0 Å². The standard InChI is InChI=1S/C65H102O31/c1-25(2)11-10-16-64(8)53-29(69)19-63(7)28-12-13-35-61(4,5)36(15-17-62(35,6)27(28)14-18-65(53,63)60(82)96-64)91-59-52(40(74)34(24-85-59)90-57-47(81)51(39(73)33(22-68)88-57)94-56-43(77)41(75)37(71)31(20-66)87-56)95-55-44(78)42(76)48(26(3)86-55)92-54-45(79)49(30(70)23-84-54)93-58-46(80)50(83-9)38(72)32(21-67)89-58/h12,26-27,30-59,66-68,70-81H,1,10-11,13-24H2,2-9H3/t26-,27+,30-,31-,32-,33-,34-,35+,36+,37-,38-,39-,40+,41+,42-,43-,44-,45-,46-,47-,48-,49+,50+,51+,52-,53-,54+,55+,56+,57+,58+,59+,62-,63+,64+,65-/m1/s1. The van der Waals surface area contributed by atoms with Gasteiger partial charge >= 0.3 is 5.97 Å². The van der Waals surface area contributed by atoms with E-state index < -0.39 is 239 Å². The predicted octanol–water partition coefficient (Wildman–Crippen LogP) is -3.92. The lowest BCUT2D eigenvalue weighted by atomic mass is 9.41. The van der Waals surface area contributed by atoms with Crippen LogP contribution in [0.5, 0.6) is 0 Å². The highest BCUT2D eigenvalue weighted by Gasteiger charge is 2.79. The molecule has 96 heavy (non-hydrogen) atoms. The molecule has 31 nitrogen and oxygen atoms in total. The van der Waals surface area contributed by atoms with Crippen molar-refractivity contribution < 1.29 is 153 Å². The maximum absolute atomic E-state index is 14.5. The maximum atomic E-state index is 14.5. The average Bonchev–Trinajstić information content (AvgIpc) is 1.47. The molecular weight excluding hydrogens is 1280 g/mol. The fourth-order valence-corrected chi connectivity index (χ4v) is 18.5. The number of cyclic esters (lactones) is 1. The van der Waals surface area contributed by atoms with E-state index in [0.717, 1.165) is 24.0 Å². The third-order valence-corrected chi connectivity index (χ3v) is 23.7. The molecule has 3 saturated carbocycles. The summed E-state index contributed by atoms with van der Waals surface area (Å²) < 4.78 is 84.1. The van der Waals surface area contributed by atoms with Crippen LogP contribution in [0.3, 0.4) is 0 Å². The Morgan fingerprint density at radius 1 is 0.583 bits per heavy atom. The van der Waals surface area contributed by atoms with Crippen molar-refractivity contribution in [1.82, 2.24) is 0 Å². The summed E-state index contributed by atoms with van der Waals surface area (Å²) in [5.74, 6) is -0.929. The molecule has 4 aliphatic carbocycles. The van der Waals surface area contributed by atoms with Crippen molar-refractivity contribution in [2.45, 2.75) is 290 Å². The number of carbonyl (C=O) groups excluding carboxylic acids is 2. The van der Waals surface area contributed by atoms with E-state index >= 15 is 0 Å². The summed E-state index contributed by atoms with van der Waals surface area (Å²) in [4.78, 5) is 29.0. The van der Waals surface area contributed by atoms with Gasteiger partial charge in [0.25, 0.3) is 0 Å². The van der Waals surface area contributed by atoms with Crippen molar-refractivity contribution in [2.75, 3.05) is 40.1 Å². The molecule has 0 bridgehead atoms. The van der Waals surface area contributed by atoms with Gasteiger partial charge in [0.15, 0.2) is 37.7 Å². The number of fused-ring (bicyclic) bond motifs is 4. The highest BCUT2D eigenvalue weighted by Crippen LogP contribution is 2.75. The van der Waals surface area contributed by atoms with Crippen molar-refractivity contribution in [2.24, 2.45) is 39.4 Å². The van der Waals surface area contributed by atoms with Gasteiger partial charge in [-0.15, -0.1) is 6.58 Å². The lowest BCUT2D eigenvalue weighted by molar-refractivity contribution is -0.394. The van der Waals surface area contributed by atoms with Gasteiger partial charge in [0, 0.05) is 18.9 Å². The summed E-state index contributed by atoms with van der Waals surface area (Å²) in [6.07, 6.45) is -41.1. The molecule has 36 atom stereocenters. The van der Waals surface area contributed by atoms with E-state index in [1.165, 1.54) is 14.0 Å². The van der Waals surface area contributed by atoms with Crippen LogP contribution in [-0.4, -0.2) is 312 Å². The molecule has 0 aromatic rings. The Hall–Kier alpha value is -2.50. The number of carbonyl (C=O) groups is 2. The Bertz CT molecular complexity index is 2760. The molecule has 15 N–H and O–H groups in total. The van der Waals surface area contributed by atoms with Crippen LogP contribution in [0, 0.1) is 39.4 Å². The predicted molar refractivity (Wildman–Crippen MR) is 320 cm³/mol. The van der Waals surface area contributed by atoms with Gasteiger partial charge < -0.3 is 143 Å². The minimum Gasteiger partial charge on any atom is -0.458 e. The second kappa shape index (κ2) is 28.6. The number of methoxy groups -OCH3 is 1. The third-order valence-electron chi connectivity index (χ3n) is 23.7. The van der Waals surface area contributed by atoms with Crippen LogP contribution in [-0.2, 0) is 75.9 Å². The minimum atomic E-state index is -2.04. The van der Waals surface area contributed by atoms with Gasteiger partial charge in [0.1, 0.15) is 140 Å². The molecule has 0 radical (unpaired) electrons. The van der Waals surface area contributed by atoms with Crippen molar-refractivity contribution in [3.05, 3.63) is 23.8 Å². The monoisotopic (exact) mass is 1380 g/mol.